The summed E-state index contributed by atoms with van der Waals surface area (Å²) in [6.45, 7) is 11.5. The van der Waals surface area contributed by atoms with Crippen molar-refractivity contribution in [3.8, 4) is 0 Å². The van der Waals surface area contributed by atoms with E-state index in [4.69, 9.17) is 0 Å². The normalized spacial score (nSPS) is 15.2. The average Bonchev–Trinajstić information content (AvgIpc) is 2.70. The summed E-state index contributed by atoms with van der Waals surface area (Å²) in [6, 6.07) is 3.73. The molecule has 0 aliphatic rings. The van der Waals surface area contributed by atoms with Crippen LogP contribution in [0.4, 0.5) is 5.82 Å². The highest BCUT2D eigenvalue weighted by Gasteiger charge is 2.37. The summed E-state index contributed by atoms with van der Waals surface area (Å²) in [6.07, 6.45) is 3.05. The van der Waals surface area contributed by atoms with E-state index in [1.54, 1.807) is 24.4 Å². The van der Waals surface area contributed by atoms with E-state index < -0.39 is 18.0 Å². The minimum absolute atomic E-state index is 0.119. The van der Waals surface area contributed by atoms with E-state index in [1.807, 2.05) is 41.5 Å². The van der Waals surface area contributed by atoms with Gasteiger partial charge in [-0.05, 0) is 36.3 Å². The largest absolute Gasteiger partial charge is 0.344 e. The predicted octanol–water partition coefficient (Wildman–Crippen LogP) is 3.09. The van der Waals surface area contributed by atoms with Crippen LogP contribution < -0.4 is 10.6 Å². The van der Waals surface area contributed by atoms with Gasteiger partial charge in [0.1, 0.15) is 11.9 Å². The standard InChI is InChI=1S/C22H36N4O4/c1-7-16(6)19(22(29)24-18-10-8-9-11-23-18)25-21(28)17(12-14(2)3)20(15(4)5)26(30)13-27/h8-11,13-17,19-20,30H,7,12H2,1-6H3,(H,25,28)(H,23,24,29)/t16?,17-,19-,20-/m0/s1. The summed E-state index contributed by atoms with van der Waals surface area (Å²) in [5.74, 6) is -1.07. The first-order chi connectivity index (χ1) is 14.1. The van der Waals surface area contributed by atoms with Gasteiger partial charge in [0, 0.05) is 6.20 Å². The number of anilines is 1. The third-order valence-electron chi connectivity index (χ3n) is 5.28. The van der Waals surface area contributed by atoms with Gasteiger partial charge in [0.2, 0.25) is 18.2 Å². The van der Waals surface area contributed by atoms with Crippen LogP contribution in [0.2, 0.25) is 0 Å². The molecule has 0 bridgehead atoms. The number of hydrogen-bond acceptors (Lipinski definition) is 5. The second-order valence-electron chi connectivity index (χ2n) is 8.53. The lowest BCUT2D eigenvalue weighted by molar-refractivity contribution is -0.174. The molecule has 1 aromatic rings. The summed E-state index contributed by atoms with van der Waals surface area (Å²) >= 11 is 0. The maximum Gasteiger partial charge on any atom is 0.248 e. The molecule has 3 N–H and O–H groups in total. The van der Waals surface area contributed by atoms with E-state index in [0.717, 1.165) is 0 Å². The SMILES string of the molecule is CCC(C)[C@H](NC(=O)[C@@H](CC(C)C)[C@H](C(C)C)N(O)C=O)C(=O)Nc1ccccn1. The van der Waals surface area contributed by atoms with Gasteiger partial charge in [-0.1, -0.05) is 54.0 Å². The van der Waals surface area contributed by atoms with E-state index in [1.165, 1.54) is 0 Å². The fourth-order valence-electron chi connectivity index (χ4n) is 3.54. The first-order valence-corrected chi connectivity index (χ1v) is 10.6. The Bertz CT molecular complexity index is 681. The molecule has 0 radical (unpaired) electrons. The number of hydrogen-bond donors (Lipinski definition) is 3. The maximum atomic E-state index is 13.3. The number of hydroxylamine groups is 2. The van der Waals surface area contributed by atoms with Gasteiger partial charge in [-0.25, -0.2) is 10.0 Å². The molecule has 0 spiro atoms. The van der Waals surface area contributed by atoms with Crippen molar-refractivity contribution in [2.75, 3.05) is 5.32 Å². The van der Waals surface area contributed by atoms with Crippen LogP contribution in [0.1, 0.15) is 54.4 Å². The Labute approximate surface area is 179 Å². The third kappa shape index (κ3) is 7.40. The van der Waals surface area contributed by atoms with Gasteiger partial charge in [-0.15, -0.1) is 0 Å². The monoisotopic (exact) mass is 420 g/mol. The van der Waals surface area contributed by atoms with Gasteiger partial charge < -0.3 is 10.6 Å². The Balaban J connectivity index is 3.12. The van der Waals surface area contributed by atoms with Crippen molar-refractivity contribution >= 4 is 24.0 Å². The zero-order valence-electron chi connectivity index (χ0n) is 18.8. The van der Waals surface area contributed by atoms with E-state index >= 15 is 0 Å². The number of nitrogens with one attached hydrogen (secondary N) is 2. The number of nitrogens with zero attached hydrogens (tertiary/aromatic N) is 2. The Morgan fingerprint density at radius 1 is 1.17 bits per heavy atom. The van der Waals surface area contributed by atoms with Crippen LogP contribution in [0.25, 0.3) is 0 Å². The highest BCUT2D eigenvalue weighted by Crippen LogP contribution is 2.25. The molecule has 30 heavy (non-hydrogen) atoms. The fraction of sp³-hybridized carbons (Fsp3) is 0.636. The molecule has 0 aromatic carbocycles. The first kappa shape index (κ1) is 25.6. The lowest BCUT2D eigenvalue weighted by atomic mass is 9.83. The highest BCUT2D eigenvalue weighted by molar-refractivity contribution is 5.97. The Hall–Kier alpha value is -2.48. The van der Waals surface area contributed by atoms with E-state index in [0.29, 0.717) is 30.1 Å². The molecule has 1 heterocycles. The van der Waals surface area contributed by atoms with Crippen LogP contribution in [-0.2, 0) is 14.4 Å². The second-order valence-corrected chi connectivity index (χ2v) is 8.53. The van der Waals surface area contributed by atoms with Crippen molar-refractivity contribution in [3.05, 3.63) is 24.4 Å². The average molecular weight is 421 g/mol. The van der Waals surface area contributed by atoms with Gasteiger partial charge >= 0.3 is 0 Å². The van der Waals surface area contributed by atoms with Crippen molar-refractivity contribution in [2.24, 2.45) is 23.7 Å². The maximum absolute atomic E-state index is 13.3. The molecule has 1 aromatic heterocycles. The summed E-state index contributed by atoms with van der Waals surface area (Å²) in [5, 5.41) is 16.3. The zero-order chi connectivity index (χ0) is 22.8. The molecular formula is C22H36N4O4. The number of rotatable bonds is 12. The van der Waals surface area contributed by atoms with Crippen LogP contribution in [0.3, 0.4) is 0 Å². The van der Waals surface area contributed by atoms with Crippen LogP contribution in [0.5, 0.6) is 0 Å². The molecular weight excluding hydrogens is 384 g/mol. The Kier molecular flexibility index (Phi) is 10.5. The van der Waals surface area contributed by atoms with Crippen molar-refractivity contribution in [1.82, 2.24) is 15.4 Å². The van der Waals surface area contributed by atoms with E-state index in [2.05, 4.69) is 15.6 Å². The highest BCUT2D eigenvalue weighted by atomic mass is 16.5. The summed E-state index contributed by atoms with van der Waals surface area (Å²) < 4.78 is 0. The van der Waals surface area contributed by atoms with Crippen molar-refractivity contribution in [3.63, 3.8) is 0 Å². The number of pyridine rings is 1. The summed E-state index contributed by atoms with van der Waals surface area (Å²) in [7, 11) is 0. The minimum atomic E-state index is -0.768. The van der Waals surface area contributed by atoms with Gasteiger partial charge in [0.05, 0.1) is 12.0 Å². The van der Waals surface area contributed by atoms with Crippen molar-refractivity contribution in [1.29, 1.82) is 0 Å². The van der Waals surface area contributed by atoms with Gasteiger partial charge in [-0.2, -0.15) is 0 Å². The van der Waals surface area contributed by atoms with Crippen LogP contribution >= 0.6 is 0 Å². The molecule has 8 nitrogen and oxygen atoms in total. The molecule has 4 atom stereocenters. The quantitative estimate of drug-likeness (QED) is 0.273. The number of aromatic nitrogens is 1. The molecule has 0 saturated heterocycles. The molecule has 0 aliphatic carbocycles. The number of carbonyl (C=O) groups is 3. The molecule has 0 saturated carbocycles. The summed E-state index contributed by atoms with van der Waals surface area (Å²) in [5.41, 5.74) is 0. The molecule has 0 fully saturated rings. The Morgan fingerprint density at radius 3 is 2.30 bits per heavy atom. The lowest BCUT2D eigenvalue weighted by Gasteiger charge is -2.35. The second kappa shape index (κ2) is 12.3. The minimum Gasteiger partial charge on any atom is -0.344 e. The van der Waals surface area contributed by atoms with Crippen molar-refractivity contribution < 1.29 is 19.6 Å². The number of amides is 3. The van der Waals surface area contributed by atoms with Gasteiger partial charge in [0.25, 0.3) is 0 Å². The zero-order valence-corrected chi connectivity index (χ0v) is 18.8. The van der Waals surface area contributed by atoms with Crippen LogP contribution in [0, 0.1) is 23.7 Å². The first-order valence-electron chi connectivity index (χ1n) is 10.6. The third-order valence-corrected chi connectivity index (χ3v) is 5.28. The lowest BCUT2D eigenvalue weighted by Crippen LogP contribution is -2.54. The molecule has 168 valence electrons. The van der Waals surface area contributed by atoms with Gasteiger partial charge in [-0.3, -0.25) is 19.6 Å². The molecule has 3 amide bonds. The van der Waals surface area contributed by atoms with Gasteiger partial charge in [0.15, 0.2) is 0 Å². The predicted molar refractivity (Wildman–Crippen MR) is 116 cm³/mol. The molecule has 0 aliphatic heterocycles. The molecule has 8 heteroatoms. The number of carbonyl (C=O) groups excluding carboxylic acids is 3. The Morgan fingerprint density at radius 2 is 1.83 bits per heavy atom. The fourth-order valence-corrected chi connectivity index (χ4v) is 3.54. The smallest absolute Gasteiger partial charge is 0.248 e. The topological polar surface area (TPSA) is 112 Å². The van der Waals surface area contributed by atoms with E-state index in [-0.39, 0.29) is 29.6 Å². The molecule has 1 unspecified atom stereocenters. The molecule has 1 rings (SSSR count). The van der Waals surface area contributed by atoms with Crippen LogP contribution in [0.15, 0.2) is 24.4 Å². The van der Waals surface area contributed by atoms with E-state index in [9.17, 15) is 19.6 Å². The van der Waals surface area contributed by atoms with Crippen LogP contribution in [-0.4, -0.2) is 45.6 Å². The van der Waals surface area contributed by atoms with Crippen molar-refractivity contribution in [2.45, 2.75) is 66.5 Å². The summed E-state index contributed by atoms with van der Waals surface area (Å²) in [4.78, 5) is 41.5.